The Balaban J connectivity index is 1.41. The third kappa shape index (κ3) is 4.12. The topological polar surface area (TPSA) is 49.2 Å². The number of halogens is 1. The highest BCUT2D eigenvalue weighted by Crippen LogP contribution is 2.33. The number of aliphatic hydroxyl groups excluding tert-OH is 1. The highest BCUT2D eigenvalue weighted by molar-refractivity contribution is 6.30. The summed E-state index contributed by atoms with van der Waals surface area (Å²) in [7, 11) is 0. The van der Waals surface area contributed by atoms with Gasteiger partial charge in [-0.3, -0.25) is 0 Å². The zero-order valence-corrected chi connectivity index (χ0v) is 15.8. The van der Waals surface area contributed by atoms with Crippen molar-refractivity contribution in [1.29, 1.82) is 0 Å². The van der Waals surface area contributed by atoms with Crippen molar-refractivity contribution in [1.82, 2.24) is 9.97 Å². The molecule has 4 rings (SSSR count). The number of nitrogens with zero attached hydrogens (tertiary/aromatic N) is 3. The van der Waals surface area contributed by atoms with Gasteiger partial charge in [-0.1, -0.05) is 48.0 Å². The van der Waals surface area contributed by atoms with E-state index in [-0.39, 0.29) is 5.92 Å². The van der Waals surface area contributed by atoms with Crippen LogP contribution in [0.15, 0.2) is 67.0 Å². The Morgan fingerprint density at radius 2 is 1.63 bits per heavy atom. The molecule has 1 aliphatic rings. The molecule has 1 saturated heterocycles. The standard InChI is InChI=1S/C22H22ClN3O/c23-20-4-1-3-19(15-20)16-5-7-17(8-6-16)21(27)18-9-13-26(14-10-18)22-24-11-2-12-25-22/h1-8,11-12,15,18,21,27H,9-10,13-14H2/t21-/m1/s1. The van der Waals surface area contributed by atoms with Gasteiger partial charge in [-0.05, 0) is 53.6 Å². The van der Waals surface area contributed by atoms with E-state index in [9.17, 15) is 5.11 Å². The lowest BCUT2D eigenvalue weighted by Gasteiger charge is -2.34. The summed E-state index contributed by atoms with van der Waals surface area (Å²) in [5, 5.41) is 11.6. The predicted molar refractivity (Wildman–Crippen MR) is 109 cm³/mol. The number of anilines is 1. The first-order chi connectivity index (χ1) is 13.2. The minimum atomic E-state index is -0.447. The molecule has 1 atom stereocenters. The van der Waals surface area contributed by atoms with Gasteiger partial charge in [-0.25, -0.2) is 9.97 Å². The Bertz CT molecular complexity index is 878. The van der Waals surface area contributed by atoms with Crippen LogP contribution >= 0.6 is 11.6 Å². The van der Waals surface area contributed by atoms with Crippen molar-refractivity contribution in [2.45, 2.75) is 18.9 Å². The molecule has 2 heterocycles. The van der Waals surface area contributed by atoms with E-state index in [0.717, 1.165) is 53.6 Å². The van der Waals surface area contributed by atoms with Crippen LogP contribution in [0, 0.1) is 5.92 Å². The molecule has 0 aliphatic carbocycles. The second-order valence-electron chi connectivity index (χ2n) is 6.95. The number of hydrogen-bond acceptors (Lipinski definition) is 4. The molecule has 3 aromatic rings. The average molecular weight is 380 g/mol. The first kappa shape index (κ1) is 18.0. The van der Waals surface area contributed by atoms with Crippen LogP contribution in [0.5, 0.6) is 0 Å². The van der Waals surface area contributed by atoms with Gasteiger partial charge < -0.3 is 10.0 Å². The zero-order chi connectivity index (χ0) is 18.6. The fourth-order valence-electron chi connectivity index (χ4n) is 3.68. The summed E-state index contributed by atoms with van der Waals surface area (Å²) in [5.41, 5.74) is 3.15. The van der Waals surface area contributed by atoms with Gasteiger partial charge in [0.2, 0.25) is 5.95 Å². The second-order valence-corrected chi connectivity index (χ2v) is 7.39. The molecular weight excluding hydrogens is 358 g/mol. The van der Waals surface area contributed by atoms with Crippen molar-refractivity contribution in [3.05, 3.63) is 77.6 Å². The van der Waals surface area contributed by atoms with Crippen LogP contribution in [0.25, 0.3) is 11.1 Å². The summed E-state index contributed by atoms with van der Waals surface area (Å²) >= 11 is 6.08. The molecule has 0 amide bonds. The van der Waals surface area contributed by atoms with Crippen molar-refractivity contribution in [3.8, 4) is 11.1 Å². The maximum Gasteiger partial charge on any atom is 0.225 e. The van der Waals surface area contributed by atoms with Gasteiger partial charge in [-0.2, -0.15) is 0 Å². The molecule has 4 nitrogen and oxygen atoms in total. The number of benzene rings is 2. The summed E-state index contributed by atoms with van der Waals surface area (Å²) in [4.78, 5) is 10.8. The molecule has 1 aliphatic heterocycles. The van der Waals surface area contributed by atoms with E-state index in [1.807, 2.05) is 42.5 Å². The molecule has 5 heteroatoms. The van der Waals surface area contributed by atoms with Gasteiger partial charge in [0.25, 0.3) is 0 Å². The summed E-state index contributed by atoms with van der Waals surface area (Å²) in [5.74, 6) is 1.03. The molecule has 0 saturated carbocycles. The Hall–Kier alpha value is -2.43. The smallest absolute Gasteiger partial charge is 0.225 e. The van der Waals surface area contributed by atoms with Crippen LogP contribution in [0.3, 0.4) is 0 Å². The maximum atomic E-state index is 10.8. The van der Waals surface area contributed by atoms with Crippen LogP contribution in [0.4, 0.5) is 5.95 Å². The summed E-state index contributed by atoms with van der Waals surface area (Å²) < 4.78 is 0. The molecule has 0 spiro atoms. The molecule has 0 bridgehead atoms. The van der Waals surface area contributed by atoms with Gasteiger partial charge in [-0.15, -0.1) is 0 Å². The van der Waals surface area contributed by atoms with Crippen molar-refractivity contribution >= 4 is 17.5 Å². The molecule has 1 fully saturated rings. The Morgan fingerprint density at radius 3 is 2.30 bits per heavy atom. The van der Waals surface area contributed by atoms with Crippen LogP contribution < -0.4 is 4.90 Å². The lowest BCUT2D eigenvalue weighted by molar-refractivity contribution is 0.0928. The number of aromatic nitrogens is 2. The Kier molecular flexibility index (Phi) is 5.37. The SMILES string of the molecule is O[C@H](c1ccc(-c2cccc(Cl)c2)cc1)C1CCN(c2ncccn2)CC1. The number of piperidine rings is 1. The predicted octanol–water partition coefficient (Wildman–Crippen LogP) is 4.75. The third-order valence-corrected chi connectivity index (χ3v) is 5.47. The number of rotatable bonds is 4. The van der Waals surface area contributed by atoms with Gasteiger partial charge in [0.05, 0.1) is 6.10 Å². The van der Waals surface area contributed by atoms with Crippen LogP contribution in [-0.2, 0) is 0 Å². The summed E-state index contributed by atoms with van der Waals surface area (Å²) in [6, 6.07) is 17.8. The van der Waals surface area contributed by atoms with Gasteiger partial charge in [0.15, 0.2) is 0 Å². The Morgan fingerprint density at radius 1 is 0.926 bits per heavy atom. The van der Waals surface area contributed by atoms with Crippen LogP contribution in [0.2, 0.25) is 5.02 Å². The van der Waals surface area contributed by atoms with Crippen LogP contribution in [-0.4, -0.2) is 28.2 Å². The molecule has 27 heavy (non-hydrogen) atoms. The van der Waals surface area contributed by atoms with E-state index in [2.05, 4.69) is 27.0 Å². The minimum absolute atomic E-state index is 0.252. The zero-order valence-electron chi connectivity index (χ0n) is 15.0. The van der Waals surface area contributed by atoms with E-state index in [0.29, 0.717) is 0 Å². The summed E-state index contributed by atoms with van der Waals surface area (Å²) in [6.45, 7) is 1.73. The lowest BCUT2D eigenvalue weighted by Crippen LogP contribution is -2.36. The largest absolute Gasteiger partial charge is 0.388 e. The minimum Gasteiger partial charge on any atom is -0.388 e. The monoisotopic (exact) mass is 379 g/mol. The maximum absolute atomic E-state index is 10.8. The normalized spacial score (nSPS) is 16.3. The molecular formula is C22H22ClN3O. The third-order valence-electron chi connectivity index (χ3n) is 5.23. The highest BCUT2D eigenvalue weighted by atomic mass is 35.5. The van der Waals surface area contributed by atoms with E-state index in [1.54, 1.807) is 12.4 Å². The van der Waals surface area contributed by atoms with Crippen molar-refractivity contribution in [3.63, 3.8) is 0 Å². The molecule has 138 valence electrons. The fourth-order valence-corrected chi connectivity index (χ4v) is 3.87. The van der Waals surface area contributed by atoms with Gasteiger partial charge in [0.1, 0.15) is 0 Å². The van der Waals surface area contributed by atoms with E-state index >= 15 is 0 Å². The summed E-state index contributed by atoms with van der Waals surface area (Å²) in [6.07, 6.45) is 4.94. The van der Waals surface area contributed by atoms with Crippen molar-refractivity contribution in [2.24, 2.45) is 5.92 Å². The first-order valence-corrected chi connectivity index (χ1v) is 9.64. The molecule has 1 aromatic heterocycles. The van der Waals surface area contributed by atoms with Gasteiger partial charge in [0, 0.05) is 30.5 Å². The fraction of sp³-hybridized carbons (Fsp3) is 0.273. The molecule has 0 radical (unpaired) electrons. The molecule has 0 unspecified atom stereocenters. The van der Waals surface area contributed by atoms with E-state index in [1.165, 1.54) is 0 Å². The van der Waals surface area contributed by atoms with Crippen molar-refractivity contribution < 1.29 is 5.11 Å². The molecule has 1 N–H and O–H groups in total. The van der Waals surface area contributed by atoms with Gasteiger partial charge >= 0.3 is 0 Å². The quantitative estimate of drug-likeness (QED) is 0.710. The van der Waals surface area contributed by atoms with Crippen molar-refractivity contribution in [2.75, 3.05) is 18.0 Å². The highest BCUT2D eigenvalue weighted by Gasteiger charge is 2.27. The number of hydrogen-bond donors (Lipinski definition) is 1. The lowest BCUT2D eigenvalue weighted by atomic mass is 9.87. The average Bonchev–Trinajstić information content (AvgIpc) is 2.74. The van der Waals surface area contributed by atoms with E-state index < -0.39 is 6.10 Å². The van der Waals surface area contributed by atoms with Crippen LogP contribution in [0.1, 0.15) is 24.5 Å². The van der Waals surface area contributed by atoms with E-state index in [4.69, 9.17) is 11.6 Å². The second kappa shape index (κ2) is 8.07. The molecule has 2 aromatic carbocycles. The Labute approximate surface area is 164 Å². The first-order valence-electron chi connectivity index (χ1n) is 9.26. The number of aliphatic hydroxyl groups is 1.